The molecule has 0 saturated heterocycles. The number of hydroxylamine groups is 2. The highest BCUT2D eigenvalue weighted by molar-refractivity contribution is 5.85. The number of nitrogens with one attached hydrogen (secondary N) is 6. The van der Waals surface area contributed by atoms with E-state index in [1.165, 1.54) is 48.6 Å². The number of allylic oxidation sites excluding steroid dienone is 2. The van der Waals surface area contributed by atoms with Crippen LogP contribution in [0.25, 0.3) is 0 Å². The van der Waals surface area contributed by atoms with Crippen molar-refractivity contribution in [3.63, 3.8) is 0 Å². The Morgan fingerprint density at radius 3 is 1.20 bits per heavy atom. The van der Waals surface area contributed by atoms with Crippen molar-refractivity contribution in [3.05, 3.63) is 316 Å². The molecule has 134 heavy (non-hydrogen) atoms. The Bertz CT molecular complexity index is 5360. The monoisotopic (exact) mass is 1920 g/mol. The number of hydrogen-bond acceptors (Lipinski definition) is 12. The summed E-state index contributed by atoms with van der Waals surface area (Å²) in [7, 11) is 4.81. The summed E-state index contributed by atoms with van der Waals surface area (Å²) in [5.41, 5.74) is -4.03. The van der Waals surface area contributed by atoms with Crippen LogP contribution in [0.15, 0.2) is 243 Å². The summed E-state index contributed by atoms with van der Waals surface area (Å²) in [5, 5.41) is 15.5. The molecule has 2 atom stereocenters. The molecule has 0 heterocycles. The van der Waals surface area contributed by atoms with Gasteiger partial charge >= 0.3 is 68.0 Å². The number of urea groups is 3. The van der Waals surface area contributed by atoms with Gasteiger partial charge in [-0.3, -0.25) is 14.7 Å². The predicted octanol–water partition coefficient (Wildman–Crippen LogP) is 22.2. The minimum Gasteiger partial charge on any atom is -0.501 e. The smallest absolute Gasteiger partial charge is 0.501 e. The molecule has 2 saturated carbocycles. The lowest BCUT2D eigenvalue weighted by atomic mass is 9.77. The number of nitrogens with zero attached hydrogens (tertiary/aromatic N) is 1. The third kappa shape index (κ3) is 29.7. The number of alkyl halides is 19. The van der Waals surface area contributed by atoms with Gasteiger partial charge in [-0.05, 0) is 179 Å². The molecule has 6 N–H and O–H groups in total. The number of carbonyl (C=O) groups excluding carboxylic acids is 4. The van der Waals surface area contributed by atoms with Crippen molar-refractivity contribution in [1.29, 1.82) is 0 Å². The average Bonchev–Trinajstić information content (AvgIpc) is 0.766. The quantitative estimate of drug-likeness (QED) is 0.0123. The van der Waals surface area contributed by atoms with Crippen LogP contribution in [0.5, 0.6) is 28.7 Å². The highest BCUT2D eigenvalue weighted by Gasteiger charge is 2.49. The fourth-order valence-corrected chi connectivity index (χ4v) is 14.8. The van der Waals surface area contributed by atoms with Gasteiger partial charge in [0.1, 0.15) is 58.6 Å². The summed E-state index contributed by atoms with van der Waals surface area (Å²) >= 11 is 0. The zero-order valence-electron chi connectivity index (χ0n) is 71.3. The third-order valence-electron chi connectivity index (χ3n) is 21.6. The summed E-state index contributed by atoms with van der Waals surface area (Å²) in [6, 6.07) is 41.4. The molecular formula is C93H88F23N7O11. The number of carbonyl (C=O) groups is 4. The van der Waals surface area contributed by atoms with Gasteiger partial charge in [0.2, 0.25) is 5.78 Å². The van der Waals surface area contributed by atoms with Crippen molar-refractivity contribution in [3.8, 4) is 28.7 Å². The lowest BCUT2D eigenvalue weighted by Gasteiger charge is -2.41. The number of amides is 6. The number of hydrogen-bond donors (Lipinski definition) is 6. The Balaban J connectivity index is 0.000000228. The lowest BCUT2D eigenvalue weighted by molar-refractivity contribution is -0.275. The zero-order valence-corrected chi connectivity index (χ0v) is 71.3. The van der Waals surface area contributed by atoms with Gasteiger partial charge in [-0.25, -0.2) is 31.9 Å². The van der Waals surface area contributed by atoms with Crippen LogP contribution < -0.4 is 55.6 Å². The van der Waals surface area contributed by atoms with E-state index in [9.17, 15) is 120 Å². The van der Waals surface area contributed by atoms with Crippen LogP contribution in [-0.4, -0.2) is 126 Å². The van der Waals surface area contributed by atoms with Crippen molar-refractivity contribution in [2.24, 2.45) is 17.8 Å². The van der Waals surface area contributed by atoms with Crippen LogP contribution in [0.4, 0.5) is 115 Å². The largest absolute Gasteiger partial charge is 0.573 e. The van der Waals surface area contributed by atoms with E-state index in [0.717, 1.165) is 122 Å². The number of halogens is 23. The van der Waals surface area contributed by atoms with Crippen LogP contribution in [0, 0.1) is 41.0 Å². The molecule has 9 aromatic rings. The number of methoxy groups -OCH3 is 1. The predicted molar refractivity (Wildman–Crippen MR) is 442 cm³/mol. The normalized spacial score (nSPS) is 16.2. The van der Waals surface area contributed by atoms with E-state index in [-0.39, 0.29) is 76.4 Å². The van der Waals surface area contributed by atoms with Crippen molar-refractivity contribution >= 4 is 23.9 Å². The second kappa shape index (κ2) is 44.6. The van der Waals surface area contributed by atoms with Crippen LogP contribution in [-0.2, 0) is 50.2 Å². The van der Waals surface area contributed by atoms with Gasteiger partial charge in [0.15, 0.2) is 0 Å². The standard InChI is InChI=1S/C35H35F9N2O5.C31H31F6N3O3.C27H22F8N2O3/c1-22(48-2)25-13-9-24(10-14-25)20-49-28-15-11-23(12-16-28)19-32(46-31(47)45-21-33(36,37)38,26-5-3-7-29(17-26)50-34(39,40)41)27-6-4-8-30(18-27)51-35(42,43)44;1-19(40(2)42-3)21-13-26(14-21)38-29(41)39-30(18-20-7-5-4-6-8-20,22-9-11-24(32)12-10-22)23-15-25(33)17-27(16-23)43-31(36,37)28(34)35;1-16(38)26(32,33)15-36-24(39)37-25(14-17-5-3-2-4-6-17,18-7-9-20(28)10-8-18)19-11-21(29)13-22(12-19)40-27(34,35)23(30)31/h3-8,11-12,15-18,24-25H,1,9-10,13-14,19-21H2,2H3,(H2,45,46,47);4-12,15-17,21,26,28H,1,13-14,18H2,2-3H3,(H2,38,39,41);2-13,23H,14-15H2,1H3,(H2,36,37,39)/t;21?,26?,30-;25-/m.11/s1. The third-order valence-corrected chi connectivity index (χ3v) is 21.6. The molecule has 0 spiro atoms. The first kappa shape index (κ1) is 105. The molecule has 41 heteroatoms. The molecule has 0 bridgehead atoms. The summed E-state index contributed by atoms with van der Waals surface area (Å²) < 4.78 is 338. The minimum atomic E-state index is -5.15. The fraction of sp³-hybridized carbons (Fsp3) is 0.333. The molecule has 6 amide bonds. The van der Waals surface area contributed by atoms with Gasteiger partial charge in [0, 0.05) is 68.9 Å². The second-order valence-electron chi connectivity index (χ2n) is 31.1. The minimum absolute atomic E-state index is 0.0309. The molecule has 0 aromatic heterocycles. The zero-order chi connectivity index (χ0) is 98.5. The maximum absolute atomic E-state index is 15.0. The van der Waals surface area contributed by atoms with Gasteiger partial charge < -0.3 is 60.3 Å². The van der Waals surface area contributed by atoms with Crippen LogP contribution in [0.3, 0.4) is 0 Å². The SMILES string of the molecule is C=C(C1CC(NC(=O)N[C@](Cc2ccccc2)(c2ccc(F)cc2)c2cc(F)cc(OC(F)(F)C(F)F)c2)C1)N(C)OC.C=C(OC)C1CCC(COc2ccc(CC(NC(=O)NCC(F)(F)F)(c3cccc(OC(F)(F)F)c3)c3cccc(OC(F)(F)F)c3)cc2)CC1.CC(=O)C(F)(F)CNC(=O)N[C@](Cc1ccccc1)(c1ccc(F)cc1)c1cc(F)cc(OC(F)(F)C(F)F)c1. The molecule has 18 nitrogen and oxygen atoms in total. The summed E-state index contributed by atoms with van der Waals surface area (Å²) in [5.74, 6) is -10.7. The molecule has 2 aliphatic rings. The Morgan fingerprint density at radius 1 is 0.418 bits per heavy atom. The van der Waals surface area contributed by atoms with E-state index in [2.05, 4.69) is 53.4 Å². The van der Waals surface area contributed by atoms with E-state index in [1.54, 1.807) is 104 Å². The van der Waals surface area contributed by atoms with Gasteiger partial charge in [-0.1, -0.05) is 134 Å². The molecule has 0 radical (unpaired) electrons. The average molecular weight is 1920 g/mol. The molecular weight excluding hydrogens is 1830 g/mol. The highest BCUT2D eigenvalue weighted by Crippen LogP contribution is 2.45. The number of benzene rings is 9. The Morgan fingerprint density at radius 2 is 0.813 bits per heavy atom. The second-order valence-corrected chi connectivity index (χ2v) is 31.1. The topological polar surface area (TPSA) is 208 Å². The van der Waals surface area contributed by atoms with Crippen molar-refractivity contribution < 1.29 is 153 Å². The highest BCUT2D eigenvalue weighted by atomic mass is 19.4. The molecule has 0 unspecified atom stereocenters. The maximum atomic E-state index is 15.0. The van der Waals surface area contributed by atoms with E-state index in [1.807, 2.05) is 5.32 Å². The van der Waals surface area contributed by atoms with Crippen molar-refractivity contribution in [1.82, 2.24) is 37.0 Å². The first-order valence-electron chi connectivity index (χ1n) is 40.5. The van der Waals surface area contributed by atoms with Crippen molar-refractivity contribution in [2.75, 3.05) is 41.0 Å². The van der Waals surface area contributed by atoms with Crippen molar-refractivity contribution in [2.45, 2.75) is 137 Å². The number of Topliss-reactive ketones (excluding diaryl/α,β-unsaturated/α-hetero) is 1. The van der Waals surface area contributed by atoms with E-state index in [4.69, 9.17) is 14.3 Å². The van der Waals surface area contributed by atoms with Gasteiger partial charge in [0.05, 0.1) is 49.7 Å². The summed E-state index contributed by atoms with van der Waals surface area (Å²) in [6.07, 6.45) is -29.5. The van der Waals surface area contributed by atoms with E-state index >= 15 is 0 Å². The Labute approximate surface area is 752 Å². The Hall–Kier alpha value is -13.1. The maximum Gasteiger partial charge on any atom is 0.573 e. The van der Waals surface area contributed by atoms with Crippen LogP contribution in [0.1, 0.15) is 95.5 Å². The molecule has 9 aromatic carbocycles. The molecule has 11 rings (SSSR count). The molecule has 0 aliphatic heterocycles. The Kier molecular flexibility index (Phi) is 34.8. The molecule has 2 fully saturated rings. The number of ether oxygens (including phenoxy) is 6. The summed E-state index contributed by atoms with van der Waals surface area (Å²) in [6.45, 7) is 5.76. The van der Waals surface area contributed by atoms with Crippen LogP contribution in [0.2, 0.25) is 0 Å². The molecule has 722 valence electrons. The lowest BCUT2D eigenvalue weighted by Crippen LogP contribution is -2.56. The van der Waals surface area contributed by atoms with Gasteiger partial charge in [0.25, 0.3) is 0 Å². The fourth-order valence-electron chi connectivity index (χ4n) is 14.8. The first-order valence-corrected chi connectivity index (χ1v) is 40.5. The van der Waals surface area contributed by atoms with Crippen LogP contribution >= 0.6 is 0 Å². The first-order chi connectivity index (χ1) is 62.8. The van der Waals surface area contributed by atoms with E-state index in [0.29, 0.717) is 60.9 Å². The van der Waals surface area contributed by atoms with Gasteiger partial charge in [-0.2, -0.15) is 57.1 Å². The molecule has 2 aliphatic carbocycles. The van der Waals surface area contributed by atoms with Gasteiger partial charge in [-0.15, -0.1) is 26.3 Å². The summed E-state index contributed by atoms with van der Waals surface area (Å²) in [4.78, 5) is 55.9. The number of rotatable bonds is 36. The van der Waals surface area contributed by atoms with E-state index < -0.39 is 150 Å². The number of ketones is 1.